The molecule has 0 aromatic heterocycles. The smallest absolute Gasteiger partial charge is 0.0848 e. The van der Waals surface area contributed by atoms with Crippen molar-refractivity contribution in [2.45, 2.75) is 18.8 Å². The summed E-state index contributed by atoms with van der Waals surface area (Å²) >= 11 is 6.20. The monoisotopic (exact) mass is 255 g/mol. The highest BCUT2D eigenvalue weighted by atomic mass is 35.5. The molecule has 1 unspecified atom stereocenters. The number of halogens is 1. The van der Waals surface area contributed by atoms with Crippen LogP contribution in [-0.2, 0) is 11.8 Å². The molecule has 0 bridgehead atoms. The fourth-order valence-electron chi connectivity index (χ4n) is 2.11. The molecule has 90 valence electrons. The van der Waals surface area contributed by atoms with Crippen LogP contribution in [0, 0.1) is 11.3 Å². The first-order valence-corrected chi connectivity index (χ1v) is 6.24. The molecule has 0 radical (unpaired) electrons. The second-order valence-corrected chi connectivity index (χ2v) is 4.99. The van der Waals surface area contributed by atoms with Crippen LogP contribution >= 0.6 is 11.6 Å². The lowest BCUT2D eigenvalue weighted by Gasteiger charge is -2.23. The molecule has 2 heteroatoms. The van der Waals surface area contributed by atoms with E-state index in [1.54, 1.807) is 0 Å². The summed E-state index contributed by atoms with van der Waals surface area (Å²) in [7, 11) is 0. The van der Waals surface area contributed by atoms with Gasteiger partial charge in [0, 0.05) is 5.02 Å². The standard InChI is InChI=1S/C16H14ClN/c1-16(12-18,11-13-7-3-2-4-8-13)14-9-5-6-10-15(14)17/h2-10H,11H2,1H3. The van der Waals surface area contributed by atoms with Crippen molar-refractivity contribution < 1.29 is 0 Å². The number of nitriles is 1. The zero-order valence-corrected chi connectivity index (χ0v) is 11.0. The van der Waals surface area contributed by atoms with Gasteiger partial charge in [0.2, 0.25) is 0 Å². The van der Waals surface area contributed by atoms with Gasteiger partial charge in [0.1, 0.15) is 0 Å². The van der Waals surface area contributed by atoms with Crippen molar-refractivity contribution >= 4 is 11.6 Å². The first-order chi connectivity index (χ1) is 8.65. The molecule has 0 saturated carbocycles. The Morgan fingerprint density at radius 3 is 2.28 bits per heavy atom. The lowest BCUT2D eigenvalue weighted by Crippen LogP contribution is -2.23. The average Bonchev–Trinajstić information content (AvgIpc) is 2.40. The molecule has 1 nitrogen and oxygen atoms in total. The molecule has 0 N–H and O–H groups in total. The first-order valence-electron chi connectivity index (χ1n) is 5.86. The van der Waals surface area contributed by atoms with Gasteiger partial charge < -0.3 is 0 Å². The summed E-state index contributed by atoms with van der Waals surface area (Å²) in [6.07, 6.45) is 0.661. The predicted octanol–water partition coefficient (Wildman–Crippen LogP) is 4.36. The van der Waals surface area contributed by atoms with Crippen molar-refractivity contribution in [3.63, 3.8) is 0 Å². The third-order valence-corrected chi connectivity index (χ3v) is 3.45. The Bertz CT molecular complexity index is 571. The van der Waals surface area contributed by atoms with Crippen LogP contribution in [-0.4, -0.2) is 0 Å². The number of nitrogens with zero attached hydrogens (tertiary/aromatic N) is 1. The molecule has 18 heavy (non-hydrogen) atoms. The van der Waals surface area contributed by atoms with E-state index < -0.39 is 5.41 Å². The summed E-state index contributed by atoms with van der Waals surface area (Å²) in [5.74, 6) is 0. The highest BCUT2D eigenvalue weighted by Crippen LogP contribution is 2.32. The van der Waals surface area contributed by atoms with Crippen LogP contribution in [0.2, 0.25) is 5.02 Å². The molecule has 0 saturated heterocycles. The van der Waals surface area contributed by atoms with E-state index in [9.17, 15) is 5.26 Å². The molecule has 0 aliphatic heterocycles. The number of benzene rings is 2. The van der Waals surface area contributed by atoms with Crippen molar-refractivity contribution in [2.75, 3.05) is 0 Å². The quantitative estimate of drug-likeness (QED) is 0.799. The molecule has 0 heterocycles. The molecule has 0 aliphatic rings. The van der Waals surface area contributed by atoms with E-state index in [4.69, 9.17) is 11.6 Å². The van der Waals surface area contributed by atoms with Crippen LogP contribution in [0.5, 0.6) is 0 Å². The summed E-state index contributed by atoms with van der Waals surface area (Å²) in [5.41, 5.74) is 1.43. The van der Waals surface area contributed by atoms with Crippen molar-refractivity contribution in [1.82, 2.24) is 0 Å². The summed E-state index contributed by atoms with van der Waals surface area (Å²) in [6, 6.07) is 20.0. The van der Waals surface area contributed by atoms with Crippen molar-refractivity contribution in [1.29, 1.82) is 5.26 Å². The SMILES string of the molecule is CC(C#N)(Cc1ccccc1)c1ccccc1Cl. The van der Waals surface area contributed by atoms with Crippen LogP contribution < -0.4 is 0 Å². The average molecular weight is 256 g/mol. The maximum absolute atomic E-state index is 9.52. The van der Waals surface area contributed by atoms with Gasteiger partial charge in [-0.05, 0) is 30.5 Å². The van der Waals surface area contributed by atoms with Gasteiger partial charge in [-0.25, -0.2) is 0 Å². The third-order valence-electron chi connectivity index (χ3n) is 3.12. The maximum atomic E-state index is 9.52. The topological polar surface area (TPSA) is 23.8 Å². The highest BCUT2D eigenvalue weighted by molar-refractivity contribution is 6.31. The molecule has 2 aromatic carbocycles. The number of rotatable bonds is 3. The van der Waals surface area contributed by atoms with Crippen LogP contribution in [0.15, 0.2) is 54.6 Å². The van der Waals surface area contributed by atoms with Crippen molar-refractivity contribution in [3.8, 4) is 6.07 Å². The summed E-state index contributed by atoms with van der Waals surface area (Å²) in [6.45, 7) is 1.93. The predicted molar refractivity (Wildman–Crippen MR) is 74.6 cm³/mol. The Kier molecular flexibility index (Phi) is 3.69. The van der Waals surface area contributed by atoms with E-state index in [0.717, 1.165) is 11.1 Å². The lowest BCUT2D eigenvalue weighted by atomic mass is 9.78. The van der Waals surface area contributed by atoms with E-state index in [1.165, 1.54) is 0 Å². The van der Waals surface area contributed by atoms with Crippen LogP contribution in [0.3, 0.4) is 0 Å². The summed E-state index contributed by atoms with van der Waals surface area (Å²) in [4.78, 5) is 0. The minimum absolute atomic E-state index is 0.598. The van der Waals surface area contributed by atoms with Gasteiger partial charge in [0.15, 0.2) is 0 Å². The molecule has 1 atom stereocenters. The summed E-state index contributed by atoms with van der Waals surface area (Å²) < 4.78 is 0. The third kappa shape index (κ3) is 2.55. The van der Waals surface area contributed by atoms with Crippen molar-refractivity contribution in [3.05, 3.63) is 70.7 Å². The molecule has 0 amide bonds. The lowest BCUT2D eigenvalue weighted by molar-refractivity contribution is 0.607. The summed E-state index contributed by atoms with van der Waals surface area (Å²) in [5, 5.41) is 10.2. The Labute approximate surface area is 113 Å². The van der Waals surface area contributed by atoms with Gasteiger partial charge in [0.05, 0.1) is 11.5 Å². The highest BCUT2D eigenvalue weighted by Gasteiger charge is 2.28. The molecular formula is C16H14ClN. The second kappa shape index (κ2) is 5.25. The molecular weight excluding hydrogens is 242 g/mol. The van der Waals surface area contributed by atoms with Crippen LogP contribution in [0.4, 0.5) is 0 Å². The largest absolute Gasteiger partial charge is 0.197 e. The molecule has 2 aromatic rings. The van der Waals surface area contributed by atoms with Gasteiger partial charge in [-0.1, -0.05) is 60.1 Å². The van der Waals surface area contributed by atoms with E-state index >= 15 is 0 Å². The number of hydrogen-bond donors (Lipinski definition) is 0. The molecule has 0 spiro atoms. The number of hydrogen-bond acceptors (Lipinski definition) is 1. The minimum atomic E-state index is -0.598. The maximum Gasteiger partial charge on any atom is 0.0848 e. The van der Waals surface area contributed by atoms with E-state index in [2.05, 4.69) is 6.07 Å². The fraction of sp³-hybridized carbons (Fsp3) is 0.188. The van der Waals surface area contributed by atoms with E-state index in [1.807, 2.05) is 61.5 Å². The molecule has 0 fully saturated rings. The zero-order valence-electron chi connectivity index (χ0n) is 10.2. The van der Waals surface area contributed by atoms with E-state index in [0.29, 0.717) is 11.4 Å². The minimum Gasteiger partial charge on any atom is -0.197 e. The van der Waals surface area contributed by atoms with Gasteiger partial charge in [-0.15, -0.1) is 0 Å². The first kappa shape index (κ1) is 12.7. The van der Waals surface area contributed by atoms with Gasteiger partial charge in [-0.2, -0.15) is 5.26 Å². The van der Waals surface area contributed by atoms with Gasteiger partial charge in [0.25, 0.3) is 0 Å². The van der Waals surface area contributed by atoms with Crippen molar-refractivity contribution in [2.24, 2.45) is 0 Å². The second-order valence-electron chi connectivity index (χ2n) is 4.59. The van der Waals surface area contributed by atoms with Crippen LogP contribution in [0.25, 0.3) is 0 Å². The zero-order chi connectivity index (χ0) is 13.0. The Morgan fingerprint density at radius 1 is 1.06 bits per heavy atom. The molecule has 0 aliphatic carbocycles. The Balaban J connectivity index is 2.38. The van der Waals surface area contributed by atoms with Crippen LogP contribution in [0.1, 0.15) is 18.1 Å². The normalized spacial score (nSPS) is 13.6. The van der Waals surface area contributed by atoms with Gasteiger partial charge >= 0.3 is 0 Å². The molecule has 2 rings (SSSR count). The fourth-order valence-corrected chi connectivity index (χ4v) is 2.45. The van der Waals surface area contributed by atoms with E-state index in [-0.39, 0.29) is 0 Å². The Hall–Kier alpha value is -1.78. The van der Waals surface area contributed by atoms with Gasteiger partial charge in [-0.3, -0.25) is 0 Å². The Morgan fingerprint density at radius 2 is 1.67 bits per heavy atom.